The summed E-state index contributed by atoms with van der Waals surface area (Å²) in [5.41, 5.74) is 0.860. The normalized spacial score (nSPS) is 12.0. The van der Waals surface area contributed by atoms with Crippen LogP contribution in [0.5, 0.6) is 0 Å². The molecule has 0 bridgehead atoms. The molecule has 0 aliphatic heterocycles. The smallest absolute Gasteiger partial charge is 0.315 e. The predicted octanol–water partition coefficient (Wildman–Crippen LogP) is 2.35. The molecule has 0 heterocycles. The maximum atomic E-state index is 11.3. The standard InChI is InChI=1S/C11H14Cl2N2O2/c1-7(15-11(17)14-4-5-16)8-2-3-9(12)10(13)6-8/h2-3,6-7,16H,4-5H2,1H3,(H2,14,15,17). The molecule has 1 aromatic rings. The molecule has 6 heteroatoms. The third-order valence-electron chi connectivity index (χ3n) is 2.19. The molecule has 94 valence electrons. The second kappa shape index (κ2) is 6.69. The summed E-state index contributed by atoms with van der Waals surface area (Å²) >= 11 is 11.7. The first kappa shape index (κ1) is 14.1. The summed E-state index contributed by atoms with van der Waals surface area (Å²) in [5, 5.41) is 14.7. The number of aliphatic hydroxyl groups excluding tert-OH is 1. The van der Waals surface area contributed by atoms with Crippen LogP contribution in [0.25, 0.3) is 0 Å². The Morgan fingerprint density at radius 2 is 2.12 bits per heavy atom. The van der Waals surface area contributed by atoms with E-state index in [0.717, 1.165) is 5.56 Å². The van der Waals surface area contributed by atoms with E-state index in [1.807, 2.05) is 6.92 Å². The molecule has 3 N–H and O–H groups in total. The lowest BCUT2D eigenvalue weighted by molar-refractivity contribution is 0.231. The third kappa shape index (κ3) is 4.42. The predicted molar refractivity (Wildman–Crippen MR) is 68.5 cm³/mol. The highest BCUT2D eigenvalue weighted by molar-refractivity contribution is 6.42. The molecule has 0 saturated carbocycles. The number of halogens is 2. The molecule has 0 spiro atoms. The van der Waals surface area contributed by atoms with Crippen LogP contribution >= 0.6 is 23.2 Å². The molecule has 0 saturated heterocycles. The van der Waals surface area contributed by atoms with Crippen molar-refractivity contribution in [1.82, 2.24) is 10.6 Å². The fourth-order valence-corrected chi connectivity index (χ4v) is 1.59. The lowest BCUT2D eigenvalue weighted by Crippen LogP contribution is -2.38. The van der Waals surface area contributed by atoms with Gasteiger partial charge in [0.25, 0.3) is 0 Å². The van der Waals surface area contributed by atoms with E-state index in [9.17, 15) is 4.79 Å². The summed E-state index contributed by atoms with van der Waals surface area (Å²) in [6, 6.07) is 4.66. The van der Waals surface area contributed by atoms with E-state index in [4.69, 9.17) is 28.3 Å². The van der Waals surface area contributed by atoms with Crippen LogP contribution in [0.3, 0.4) is 0 Å². The topological polar surface area (TPSA) is 61.4 Å². The average Bonchev–Trinajstić information content (AvgIpc) is 2.30. The molecular weight excluding hydrogens is 263 g/mol. The molecule has 4 nitrogen and oxygen atoms in total. The van der Waals surface area contributed by atoms with Crippen molar-refractivity contribution >= 4 is 29.2 Å². The van der Waals surface area contributed by atoms with Crippen molar-refractivity contribution in [3.8, 4) is 0 Å². The molecular formula is C11H14Cl2N2O2. The number of hydrogen-bond donors (Lipinski definition) is 3. The van der Waals surface area contributed by atoms with Crippen LogP contribution in [0.2, 0.25) is 10.0 Å². The van der Waals surface area contributed by atoms with Gasteiger partial charge in [-0.1, -0.05) is 29.3 Å². The van der Waals surface area contributed by atoms with Gasteiger partial charge in [0.2, 0.25) is 0 Å². The fraction of sp³-hybridized carbons (Fsp3) is 0.364. The van der Waals surface area contributed by atoms with E-state index in [1.165, 1.54) is 0 Å². The Labute approximate surface area is 110 Å². The zero-order valence-electron chi connectivity index (χ0n) is 9.34. The molecule has 1 aromatic carbocycles. The molecule has 0 radical (unpaired) electrons. The lowest BCUT2D eigenvalue weighted by Gasteiger charge is -2.15. The molecule has 0 aromatic heterocycles. The first-order valence-corrected chi connectivity index (χ1v) is 5.90. The van der Waals surface area contributed by atoms with Gasteiger partial charge in [0.15, 0.2) is 0 Å². The molecule has 2 amide bonds. The van der Waals surface area contributed by atoms with Crippen LogP contribution in [0.4, 0.5) is 4.79 Å². The molecule has 1 rings (SSSR count). The number of carbonyl (C=O) groups excluding carboxylic acids is 1. The van der Waals surface area contributed by atoms with E-state index in [-0.39, 0.29) is 25.2 Å². The van der Waals surface area contributed by atoms with Gasteiger partial charge >= 0.3 is 6.03 Å². The highest BCUT2D eigenvalue weighted by Crippen LogP contribution is 2.25. The van der Waals surface area contributed by atoms with Gasteiger partial charge < -0.3 is 15.7 Å². The molecule has 1 atom stereocenters. The van der Waals surface area contributed by atoms with E-state index in [2.05, 4.69) is 10.6 Å². The highest BCUT2D eigenvalue weighted by Gasteiger charge is 2.10. The zero-order valence-corrected chi connectivity index (χ0v) is 10.8. The van der Waals surface area contributed by atoms with Gasteiger partial charge in [0, 0.05) is 6.54 Å². The molecule has 0 aliphatic carbocycles. The zero-order chi connectivity index (χ0) is 12.8. The molecule has 0 aliphatic rings. The quantitative estimate of drug-likeness (QED) is 0.791. The number of hydrogen-bond acceptors (Lipinski definition) is 2. The van der Waals surface area contributed by atoms with Gasteiger partial charge in [-0.2, -0.15) is 0 Å². The van der Waals surface area contributed by atoms with E-state index in [0.29, 0.717) is 10.0 Å². The van der Waals surface area contributed by atoms with Crippen molar-refractivity contribution in [2.45, 2.75) is 13.0 Å². The summed E-state index contributed by atoms with van der Waals surface area (Å²) in [6.45, 7) is 1.96. The van der Waals surface area contributed by atoms with Crippen molar-refractivity contribution in [2.75, 3.05) is 13.2 Å². The summed E-state index contributed by atoms with van der Waals surface area (Å²) < 4.78 is 0. The Kier molecular flexibility index (Phi) is 5.55. The summed E-state index contributed by atoms with van der Waals surface area (Å²) in [4.78, 5) is 11.3. The van der Waals surface area contributed by atoms with E-state index in [1.54, 1.807) is 18.2 Å². The number of carbonyl (C=O) groups is 1. The number of amides is 2. The van der Waals surface area contributed by atoms with E-state index >= 15 is 0 Å². The monoisotopic (exact) mass is 276 g/mol. The summed E-state index contributed by atoms with van der Waals surface area (Å²) in [7, 11) is 0. The van der Waals surface area contributed by atoms with Gasteiger partial charge in [-0.3, -0.25) is 0 Å². The Bertz CT molecular complexity index is 399. The van der Waals surface area contributed by atoms with Gasteiger partial charge in [0.05, 0.1) is 22.7 Å². The van der Waals surface area contributed by atoms with Crippen LogP contribution in [0.15, 0.2) is 18.2 Å². The summed E-state index contributed by atoms with van der Waals surface area (Å²) in [5.74, 6) is 0. The first-order chi connectivity index (χ1) is 8.04. The number of nitrogens with one attached hydrogen (secondary N) is 2. The minimum Gasteiger partial charge on any atom is -0.395 e. The number of rotatable bonds is 4. The highest BCUT2D eigenvalue weighted by atomic mass is 35.5. The number of aliphatic hydroxyl groups is 1. The van der Waals surface area contributed by atoms with Crippen LogP contribution in [0, 0.1) is 0 Å². The Morgan fingerprint density at radius 3 is 2.71 bits per heavy atom. The van der Waals surface area contributed by atoms with Crippen LogP contribution in [-0.4, -0.2) is 24.3 Å². The molecule has 0 fully saturated rings. The van der Waals surface area contributed by atoms with Crippen molar-refractivity contribution in [3.05, 3.63) is 33.8 Å². The second-order valence-corrected chi connectivity index (χ2v) is 4.33. The fourth-order valence-electron chi connectivity index (χ4n) is 1.28. The van der Waals surface area contributed by atoms with Gasteiger partial charge in [0.1, 0.15) is 0 Å². The summed E-state index contributed by atoms with van der Waals surface area (Å²) in [6.07, 6.45) is 0. The van der Waals surface area contributed by atoms with Crippen LogP contribution < -0.4 is 10.6 Å². The second-order valence-electron chi connectivity index (χ2n) is 3.52. The maximum absolute atomic E-state index is 11.3. The lowest BCUT2D eigenvalue weighted by atomic mass is 10.1. The largest absolute Gasteiger partial charge is 0.395 e. The third-order valence-corrected chi connectivity index (χ3v) is 2.93. The van der Waals surface area contributed by atoms with E-state index < -0.39 is 0 Å². The minimum absolute atomic E-state index is 0.0887. The minimum atomic E-state index is -0.336. The number of urea groups is 1. The Balaban J connectivity index is 2.60. The van der Waals surface area contributed by atoms with Crippen molar-refractivity contribution < 1.29 is 9.90 Å². The first-order valence-electron chi connectivity index (χ1n) is 5.14. The maximum Gasteiger partial charge on any atom is 0.315 e. The molecule has 17 heavy (non-hydrogen) atoms. The Morgan fingerprint density at radius 1 is 1.41 bits per heavy atom. The van der Waals surface area contributed by atoms with Crippen molar-refractivity contribution in [3.63, 3.8) is 0 Å². The average molecular weight is 277 g/mol. The van der Waals surface area contributed by atoms with Gasteiger partial charge in [-0.25, -0.2) is 4.79 Å². The van der Waals surface area contributed by atoms with Crippen LogP contribution in [0.1, 0.15) is 18.5 Å². The Hall–Kier alpha value is -0.970. The van der Waals surface area contributed by atoms with Gasteiger partial charge in [-0.15, -0.1) is 0 Å². The van der Waals surface area contributed by atoms with Crippen molar-refractivity contribution in [1.29, 1.82) is 0 Å². The van der Waals surface area contributed by atoms with Gasteiger partial charge in [-0.05, 0) is 24.6 Å². The number of benzene rings is 1. The van der Waals surface area contributed by atoms with Crippen LogP contribution in [-0.2, 0) is 0 Å². The molecule has 1 unspecified atom stereocenters. The van der Waals surface area contributed by atoms with Crippen molar-refractivity contribution in [2.24, 2.45) is 0 Å². The SMILES string of the molecule is CC(NC(=O)NCCO)c1ccc(Cl)c(Cl)c1.